The molecule has 0 aromatic heterocycles. The van der Waals surface area contributed by atoms with E-state index in [2.05, 4.69) is 64.2 Å². The lowest BCUT2D eigenvalue weighted by atomic mass is 10.1. The molecule has 82 valence electrons. The summed E-state index contributed by atoms with van der Waals surface area (Å²) in [5, 5.41) is 3.68. The maximum absolute atomic E-state index is 3.68. The van der Waals surface area contributed by atoms with Crippen molar-refractivity contribution < 1.29 is 0 Å². The fraction of sp³-hybridized carbons (Fsp3) is 0.500. The fourth-order valence-corrected chi connectivity index (χ4v) is 3.30. The number of nitrogens with one attached hydrogen (secondary N) is 1. The van der Waals surface area contributed by atoms with E-state index in [-0.39, 0.29) is 0 Å². The molecule has 0 spiro atoms. The van der Waals surface area contributed by atoms with Gasteiger partial charge in [0, 0.05) is 22.3 Å². The Morgan fingerprint density at radius 1 is 1.33 bits per heavy atom. The first-order valence-corrected chi connectivity index (χ1v) is 7.30. The molecule has 1 nitrogen and oxygen atoms in total. The molecule has 0 bridgehead atoms. The van der Waals surface area contributed by atoms with E-state index in [1.807, 2.05) is 0 Å². The molecule has 1 heterocycles. The van der Waals surface area contributed by atoms with Crippen LogP contribution in [0.25, 0.3) is 0 Å². The topological polar surface area (TPSA) is 12.0 Å². The minimum atomic E-state index is 0.514. The first-order chi connectivity index (χ1) is 7.25. The number of hydrogen-bond acceptors (Lipinski definition) is 2. The molecule has 1 aromatic rings. The van der Waals surface area contributed by atoms with Crippen molar-refractivity contribution in [3.63, 3.8) is 0 Å². The second-order valence-corrected chi connectivity index (χ2v) is 6.10. The Hall–Kier alpha value is 0.01000. The van der Waals surface area contributed by atoms with Crippen LogP contribution in [0.15, 0.2) is 28.7 Å². The largest absolute Gasteiger partial charge is 0.307 e. The molecule has 15 heavy (non-hydrogen) atoms. The summed E-state index contributed by atoms with van der Waals surface area (Å²) in [6.07, 6.45) is 1.28. The van der Waals surface area contributed by atoms with Crippen molar-refractivity contribution in [1.29, 1.82) is 0 Å². The molecule has 1 aliphatic rings. The SMILES string of the molecule is CC1CCSCC(c2ccc(Br)cc2)N1. The highest BCUT2D eigenvalue weighted by Crippen LogP contribution is 2.24. The lowest BCUT2D eigenvalue weighted by Crippen LogP contribution is -2.30. The van der Waals surface area contributed by atoms with Gasteiger partial charge in [0.05, 0.1) is 0 Å². The predicted molar refractivity (Wildman–Crippen MR) is 71.4 cm³/mol. The van der Waals surface area contributed by atoms with Crippen molar-refractivity contribution in [1.82, 2.24) is 5.32 Å². The summed E-state index contributed by atoms with van der Waals surface area (Å²) >= 11 is 5.52. The first kappa shape index (κ1) is 11.5. The Morgan fingerprint density at radius 2 is 2.07 bits per heavy atom. The molecular weight excluding hydrogens is 270 g/mol. The van der Waals surface area contributed by atoms with Crippen LogP contribution in [-0.4, -0.2) is 17.5 Å². The first-order valence-electron chi connectivity index (χ1n) is 5.35. The van der Waals surface area contributed by atoms with Crippen LogP contribution >= 0.6 is 27.7 Å². The zero-order valence-electron chi connectivity index (χ0n) is 8.87. The van der Waals surface area contributed by atoms with Gasteiger partial charge in [0.25, 0.3) is 0 Å². The third-order valence-corrected chi connectivity index (χ3v) is 4.36. The van der Waals surface area contributed by atoms with Crippen LogP contribution in [-0.2, 0) is 0 Å². The quantitative estimate of drug-likeness (QED) is 0.846. The lowest BCUT2D eigenvalue weighted by Gasteiger charge is -2.19. The van der Waals surface area contributed by atoms with Crippen molar-refractivity contribution >= 4 is 27.7 Å². The summed E-state index contributed by atoms with van der Waals surface area (Å²) in [5.41, 5.74) is 1.40. The molecule has 1 saturated heterocycles. The van der Waals surface area contributed by atoms with E-state index in [0.717, 1.165) is 4.47 Å². The van der Waals surface area contributed by atoms with Crippen LogP contribution in [0.4, 0.5) is 0 Å². The summed E-state index contributed by atoms with van der Waals surface area (Å²) in [4.78, 5) is 0. The summed E-state index contributed by atoms with van der Waals surface area (Å²) < 4.78 is 1.15. The molecular formula is C12H16BrNS. The maximum Gasteiger partial charge on any atom is 0.0413 e. The molecule has 0 amide bonds. The molecule has 0 aliphatic carbocycles. The van der Waals surface area contributed by atoms with Gasteiger partial charge in [-0.1, -0.05) is 28.1 Å². The zero-order chi connectivity index (χ0) is 10.7. The van der Waals surface area contributed by atoms with Crippen molar-refractivity contribution in [3.8, 4) is 0 Å². The van der Waals surface area contributed by atoms with Crippen LogP contribution < -0.4 is 5.32 Å². The van der Waals surface area contributed by atoms with E-state index in [1.165, 1.54) is 23.5 Å². The van der Waals surface area contributed by atoms with Crippen LogP contribution in [0.2, 0.25) is 0 Å². The molecule has 1 N–H and O–H groups in total. The maximum atomic E-state index is 3.68. The number of hydrogen-bond donors (Lipinski definition) is 1. The van der Waals surface area contributed by atoms with E-state index in [4.69, 9.17) is 0 Å². The van der Waals surface area contributed by atoms with E-state index in [0.29, 0.717) is 12.1 Å². The Bertz CT molecular complexity index is 312. The molecule has 2 rings (SSSR count). The summed E-state index contributed by atoms with van der Waals surface area (Å²) in [6, 6.07) is 9.81. The highest BCUT2D eigenvalue weighted by Gasteiger charge is 2.17. The molecule has 1 aliphatic heterocycles. The number of thioether (sulfide) groups is 1. The van der Waals surface area contributed by atoms with E-state index in [9.17, 15) is 0 Å². The average Bonchev–Trinajstić information content (AvgIpc) is 2.44. The van der Waals surface area contributed by atoms with Crippen molar-refractivity contribution in [2.45, 2.75) is 25.4 Å². The normalized spacial score (nSPS) is 27.3. The Balaban J connectivity index is 2.11. The fourth-order valence-electron chi connectivity index (χ4n) is 1.82. The van der Waals surface area contributed by atoms with Gasteiger partial charge in [0.2, 0.25) is 0 Å². The minimum absolute atomic E-state index is 0.514. The number of halogens is 1. The van der Waals surface area contributed by atoms with Crippen LogP contribution in [0.3, 0.4) is 0 Å². The van der Waals surface area contributed by atoms with Crippen LogP contribution in [0.1, 0.15) is 24.9 Å². The van der Waals surface area contributed by atoms with Gasteiger partial charge in [-0.3, -0.25) is 0 Å². The average molecular weight is 286 g/mol. The van der Waals surface area contributed by atoms with Gasteiger partial charge in [-0.2, -0.15) is 11.8 Å². The molecule has 3 heteroatoms. The summed E-state index contributed by atoms with van der Waals surface area (Å²) in [7, 11) is 0. The number of rotatable bonds is 1. The smallest absolute Gasteiger partial charge is 0.0413 e. The molecule has 2 atom stereocenters. The highest BCUT2D eigenvalue weighted by atomic mass is 79.9. The summed E-state index contributed by atoms with van der Waals surface area (Å²) in [5.74, 6) is 2.47. The lowest BCUT2D eigenvalue weighted by molar-refractivity contribution is 0.485. The third-order valence-electron chi connectivity index (χ3n) is 2.74. The monoisotopic (exact) mass is 285 g/mol. The van der Waals surface area contributed by atoms with Gasteiger partial charge in [-0.05, 0) is 36.8 Å². The Labute approximate surface area is 104 Å². The number of benzene rings is 1. The van der Waals surface area contributed by atoms with Gasteiger partial charge in [-0.15, -0.1) is 0 Å². The van der Waals surface area contributed by atoms with Crippen molar-refractivity contribution in [2.75, 3.05) is 11.5 Å². The molecule has 1 aromatic carbocycles. The van der Waals surface area contributed by atoms with Crippen LogP contribution in [0.5, 0.6) is 0 Å². The van der Waals surface area contributed by atoms with Gasteiger partial charge >= 0.3 is 0 Å². The summed E-state index contributed by atoms with van der Waals surface area (Å²) in [6.45, 7) is 2.28. The predicted octanol–water partition coefficient (Wildman–Crippen LogP) is 3.61. The second kappa shape index (κ2) is 5.37. The van der Waals surface area contributed by atoms with Crippen molar-refractivity contribution in [3.05, 3.63) is 34.3 Å². The third kappa shape index (κ3) is 3.23. The second-order valence-electron chi connectivity index (χ2n) is 4.04. The van der Waals surface area contributed by atoms with Crippen molar-refractivity contribution in [2.24, 2.45) is 0 Å². The van der Waals surface area contributed by atoms with Crippen LogP contribution in [0, 0.1) is 0 Å². The van der Waals surface area contributed by atoms with Gasteiger partial charge in [0.15, 0.2) is 0 Å². The van der Waals surface area contributed by atoms with E-state index >= 15 is 0 Å². The Morgan fingerprint density at radius 3 is 2.80 bits per heavy atom. The Kier molecular flexibility index (Phi) is 4.12. The molecule has 2 unspecified atom stereocenters. The highest BCUT2D eigenvalue weighted by molar-refractivity contribution is 9.10. The van der Waals surface area contributed by atoms with Gasteiger partial charge in [-0.25, -0.2) is 0 Å². The standard InChI is InChI=1S/C12H16BrNS/c1-9-6-7-15-8-12(14-9)10-2-4-11(13)5-3-10/h2-5,9,12,14H,6-8H2,1H3. The van der Waals surface area contributed by atoms with Gasteiger partial charge < -0.3 is 5.32 Å². The van der Waals surface area contributed by atoms with E-state index in [1.54, 1.807) is 0 Å². The van der Waals surface area contributed by atoms with Gasteiger partial charge in [0.1, 0.15) is 0 Å². The van der Waals surface area contributed by atoms with E-state index < -0.39 is 0 Å². The molecule has 1 fully saturated rings. The molecule has 0 saturated carbocycles. The zero-order valence-corrected chi connectivity index (χ0v) is 11.3. The minimum Gasteiger partial charge on any atom is -0.307 e. The molecule has 0 radical (unpaired) electrons.